The molecule has 0 aliphatic rings. The topological polar surface area (TPSA) is 127 Å². The minimum absolute atomic E-state index is 0.0807. The number of nitrogens with two attached hydrogens (primary N) is 1. The van der Waals surface area contributed by atoms with Crippen molar-refractivity contribution in [1.29, 1.82) is 0 Å². The van der Waals surface area contributed by atoms with Crippen LogP contribution in [-0.2, 0) is 25.6 Å². The van der Waals surface area contributed by atoms with Gasteiger partial charge in [-0.3, -0.25) is 19.7 Å². The Hall–Kier alpha value is -2.13. The molecule has 0 unspecified atom stereocenters. The van der Waals surface area contributed by atoms with Crippen molar-refractivity contribution in [3.63, 3.8) is 0 Å². The molecule has 1 aromatic heterocycles. The molecule has 0 aliphatic carbocycles. The van der Waals surface area contributed by atoms with Crippen molar-refractivity contribution in [2.45, 2.75) is 37.7 Å². The molecule has 0 fully saturated rings. The molecule has 0 aromatic carbocycles. The van der Waals surface area contributed by atoms with Crippen molar-refractivity contribution >= 4 is 46.7 Å². The van der Waals surface area contributed by atoms with Gasteiger partial charge >= 0.3 is 18.3 Å². The van der Waals surface area contributed by atoms with E-state index < -0.39 is 47.7 Å². The number of thioether (sulfide) groups is 1. The van der Waals surface area contributed by atoms with Gasteiger partial charge in [-0.2, -0.15) is 49.4 Å². The fourth-order valence-electron chi connectivity index (χ4n) is 1.64. The van der Waals surface area contributed by atoms with E-state index in [2.05, 4.69) is 5.32 Å². The number of ketones is 1. The molecule has 7 nitrogen and oxygen atoms in total. The monoisotopic (exact) mass is 496 g/mol. The van der Waals surface area contributed by atoms with E-state index in [9.17, 15) is 40.7 Å². The second-order valence-corrected chi connectivity index (χ2v) is 7.63. The van der Waals surface area contributed by atoms with Crippen LogP contribution in [0.15, 0.2) is 16.8 Å². The summed E-state index contributed by atoms with van der Waals surface area (Å²) in [5, 5.41) is 12.9. The number of halogens is 6. The number of imide groups is 1. The Balaban J connectivity index is 0.00000110. The summed E-state index contributed by atoms with van der Waals surface area (Å²) in [5.41, 5.74) is 6.43. The molecule has 1 atom stereocenters. The van der Waals surface area contributed by atoms with E-state index in [0.717, 1.165) is 17.3 Å². The number of carbonyl (C=O) groups is 4. The zero-order valence-electron chi connectivity index (χ0n) is 15.6. The van der Waals surface area contributed by atoms with E-state index in [0.29, 0.717) is 6.42 Å². The molecule has 0 saturated heterocycles. The maximum atomic E-state index is 12.0. The second-order valence-electron chi connectivity index (χ2n) is 5.75. The standard InChI is InChI=1S/C14H17F3N2O3S2.C2HF3O2/c15-14(16,17)11(20)8-23-4-1-2-10(18)13(22)19-12(21)6-9-3-5-24-7-9;3-2(4,5)1(6)7/h3,5,7,10H,1-2,4,6,8,18H2,(H,19,21,22);(H,6,7)/t10-;/m0./s1. The smallest absolute Gasteiger partial charge is 0.475 e. The number of carboxylic acids is 1. The summed E-state index contributed by atoms with van der Waals surface area (Å²) >= 11 is 2.28. The Morgan fingerprint density at radius 3 is 2.16 bits per heavy atom. The highest BCUT2D eigenvalue weighted by atomic mass is 32.2. The van der Waals surface area contributed by atoms with Crippen LogP contribution in [-0.4, -0.2) is 58.6 Å². The molecule has 31 heavy (non-hydrogen) atoms. The fourth-order valence-corrected chi connectivity index (χ4v) is 3.17. The molecular weight excluding hydrogens is 478 g/mol. The number of amides is 2. The van der Waals surface area contributed by atoms with Crippen LogP contribution in [0.5, 0.6) is 0 Å². The second kappa shape index (κ2) is 13.3. The number of Topliss-reactive ketones (excluding diaryl/α,β-unsaturated/α-hetero) is 1. The lowest BCUT2D eigenvalue weighted by Gasteiger charge is -2.11. The lowest BCUT2D eigenvalue weighted by Crippen LogP contribution is -2.44. The zero-order valence-corrected chi connectivity index (χ0v) is 17.2. The number of nitrogens with one attached hydrogen (secondary N) is 1. The fraction of sp³-hybridized carbons (Fsp3) is 0.500. The van der Waals surface area contributed by atoms with Gasteiger partial charge in [0.15, 0.2) is 0 Å². The number of aliphatic carboxylic acids is 1. The molecule has 0 spiro atoms. The number of alkyl halides is 6. The highest BCUT2D eigenvalue weighted by Crippen LogP contribution is 2.19. The first-order chi connectivity index (χ1) is 14.1. The van der Waals surface area contributed by atoms with Crippen molar-refractivity contribution < 1.29 is 50.6 Å². The molecule has 176 valence electrons. The Kier molecular flexibility index (Phi) is 12.4. The van der Waals surface area contributed by atoms with Gasteiger partial charge < -0.3 is 10.8 Å². The van der Waals surface area contributed by atoms with E-state index in [1.165, 1.54) is 11.3 Å². The van der Waals surface area contributed by atoms with E-state index in [-0.39, 0.29) is 18.6 Å². The Bertz CT molecular complexity index is 738. The van der Waals surface area contributed by atoms with Crippen molar-refractivity contribution in [2.75, 3.05) is 11.5 Å². The van der Waals surface area contributed by atoms with Crippen LogP contribution in [0.25, 0.3) is 0 Å². The average Bonchev–Trinajstić information content (AvgIpc) is 3.12. The summed E-state index contributed by atoms with van der Waals surface area (Å²) in [6.07, 6.45) is -9.24. The third-order valence-corrected chi connectivity index (χ3v) is 4.92. The van der Waals surface area contributed by atoms with Gasteiger partial charge in [0.25, 0.3) is 0 Å². The summed E-state index contributed by atoms with van der Waals surface area (Å²) in [6, 6.07) is 0.851. The summed E-state index contributed by atoms with van der Waals surface area (Å²) in [5.74, 6) is -6.00. The average molecular weight is 496 g/mol. The van der Waals surface area contributed by atoms with E-state index in [1.54, 1.807) is 11.4 Å². The number of hydrogen-bond donors (Lipinski definition) is 3. The molecule has 0 saturated carbocycles. The van der Waals surface area contributed by atoms with Gasteiger partial charge in [-0.25, -0.2) is 4.79 Å². The third-order valence-electron chi connectivity index (χ3n) is 3.14. The molecule has 1 aromatic rings. The summed E-state index contributed by atoms with van der Waals surface area (Å²) in [4.78, 5) is 42.9. The summed E-state index contributed by atoms with van der Waals surface area (Å²) < 4.78 is 67.7. The predicted octanol–water partition coefficient (Wildman–Crippen LogP) is 2.54. The van der Waals surface area contributed by atoms with Crippen LogP contribution < -0.4 is 11.1 Å². The predicted molar refractivity (Wildman–Crippen MR) is 100 cm³/mol. The van der Waals surface area contributed by atoms with Crippen LogP contribution in [0.3, 0.4) is 0 Å². The molecular formula is C16H18F6N2O5S2. The van der Waals surface area contributed by atoms with Crippen LogP contribution >= 0.6 is 23.1 Å². The number of hydrogen-bond acceptors (Lipinski definition) is 7. The molecule has 1 rings (SSSR count). The number of rotatable bonds is 9. The molecule has 0 radical (unpaired) electrons. The van der Waals surface area contributed by atoms with Gasteiger partial charge in [-0.05, 0) is 41.0 Å². The largest absolute Gasteiger partial charge is 0.490 e. The lowest BCUT2D eigenvalue weighted by molar-refractivity contribution is -0.192. The maximum Gasteiger partial charge on any atom is 0.490 e. The minimum atomic E-state index is -5.08. The normalized spacial score (nSPS) is 12.4. The van der Waals surface area contributed by atoms with Crippen LogP contribution in [0.2, 0.25) is 0 Å². The van der Waals surface area contributed by atoms with Crippen LogP contribution in [0.1, 0.15) is 18.4 Å². The number of carbonyl (C=O) groups excluding carboxylic acids is 3. The van der Waals surface area contributed by atoms with Crippen LogP contribution in [0.4, 0.5) is 26.3 Å². The molecule has 1 heterocycles. The van der Waals surface area contributed by atoms with Crippen molar-refractivity contribution in [1.82, 2.24) is 5.32 Å². The van der Waals surface area contributed by atoms with Gasteiger partial charge in [0.2, 0.25) is 17.6 Å². The molecule has 2 amide bonds. The van der Waals surface area contributed by atoms with E-state index >= 15 is 0 Å². The number of carboxylic acid groups (broad SMARTS) is 1. The first-order valence-corrected chi connectivity index (χ1v) is 10.3. The SMILES string of the molecule is N[C@@H](CCCSCC(=O)C(F)(F)F)C(=O)NC(=O)Cc1ccsc1.O=C(O)C(F)(F)F. The minimum Gasteiger partial charge on any atom is -0.475 e. The number of thiophene rings is 1. The quantitative estimate of drug-likeness (QED) is 0.354. The van der Waals surface area contributed by atoms with Gasteiger partial charge in [0.05, 0.1) is 18.2 Å². The lowest BCUT2D eigenvalue weighted by atomic mass is 10.1. The Morgan fingerprint density at radius 2 is 1.71 bits per heavy atom. The van der Waals surface area contributed by atoms with Crippen molar-refractivity contribution in [3.05, 3.63) is 22.4 Å². The van der Waals surface area contributed by atoms with Crippen LogP contribution in [0, 0.1) is 0 Å². The van der Waals surface area contributed by atoms with Gasteiger partial charge in [-0.15, -0.1) is 0 Å². The molecule has 0 bridgehead atoms. The molecule has 0 aliphatic heterocycles. The van der Waals surface area contributed by atoms with Gasteiger partial charge in [-0.1, -0.05) is 0 Å². The van der Waals surface area contributed by atoms with Crippen molar-refractivity contribution in [3.8, 4) is 0 Å². The summed E-state index contributed by atoms with van der Waals surface area (Å²) in [6.45, 7) is 0. The first-order valence-electron chi connectivity index (χ1n) is 8.22. The zero-order chi connectivity index (χ0) is 24.2. The van der Waals surface area contributed by atoms with Gasteiger partial charge in [0, 0.05) is 0 Å². The summed E-state index contributed by atoms with van der Waals surface area (Å²) in [7, 11) is 0. The first kappa shape index (κ1) is 28.9. The maximum absolute atomic E-state index is 12.0. The molecule has 4 N–H and O–H groups in total. The molecule has 15 heteroatoms. The Labute approximate surface area is 180 Å². The van der Waals surface area contributed by atoms with Crippen molar-refractivity contribution in [2.24, 2.45) is 5.73 Å². The highest BCUT2D eigenvalue weighted by molar-refractivity contribution is 7.99. The third kappa shape index (κ3) is 13.7. The Morgan fingerprint density at radius 1 is 1.13 bits per heavy atom. The highest BCUT2D eigenvalue weighted by Gasteiger charge is 2.38. The van der Waals surface area contributed by atoms with E-state index in [1.807, 2.05) is 5.38 Å². The van der Waals surface area contributed by atoms with Gasteiger partial charge in [0.1, 0.15) is 0 Å². The van der Waals surface area contributed by atoms with E-state index in [4.69, 9.17) is 15.6 Å².